The van der Waals surface area contributed by atoms with Crippen LogP contribution in [0.4, 0.5) is 0 Å². The van der Waals surface area contributed by atoms with Crippen LogP contribution in [0.1, 0.15) is 34.8 Å². The summed E-state index contributed by atoms with van der Waals surface area (Å²) in [4.78, 5) is 11.2. The second kappa shape index (κ2) is 5.76. The highest BCUT2D eigenvalue weighted by Crippen LogP contribution is 2.13. The van der Waals surface area contributed by atoms with Gasteiger partial charge in [-0.2, -0.15) is 12.6 Å². The topological polar surface area (TPSA) is 17.1 Å². The number of carbonyl (C=O) groups excluding carboxylic acids is 1. The van der Waals surface area contributed by atoms with Gasteiger partial charge in [-0.1, -0.05) is 24.3 Å². The first-order chi connectivity index (χ1) is 7.15. The normalized spacial score (nSPS) is 10.9. The first kappa shape index (κ1) is 12.1. The minimum Gasteiger partial charge on any atom is -0.295 e. The molecule has 2 heteroatoms. The summed E-state index contributed by atoms with van der Waals surface area (Å²) in [5, 5.41) is 0. The number of rotatable bonds is 4. The molecule has 0 bridgehead atoms. The van der Waals surface area contributed by atoms with Crippen molar-refractivity contribution >= 4 is 24.5 Å². The smallest absolute Gasteiger partial charge is 0.159 e. The summed E-state index contributed by atoms with van der Waals surface area (Å²) in [6, 6.07) is 5.79. The number of benzene rings is 1. The van der Waals surface area contributed by atoms with Crippen molar-refractivity contribution in [3.05, 3.63) is 41.0 Å². The van der Waals surface area contributed by atoms with E-state index in [1.54, 1.807) is 6.92 Å². The van der Waals surface area contributed by atoms with Gasteiger partial charge in [0.2, 0.25) is 0 Å². The minimum atomic E-state index is 0.110. The van der Waals surface area contributed by atoms with E-state index in [0.717, 1.165) is 23.3 Å². The second-order valence-corrected chi connectivity index (χ2v) is 3.99. The Balaban J connectivity index is 2.95. The molecule has 0 fully saturated rings. The van der Waals surface area contributed by atoms with E-state index >= 15 is 0 Å². The van der Waals surface area contributed by atoms with Crippen molar-refractivity contribution in [1.82, 2.24) is 0 Å². The number of ketones is 1. The maximum absolute atomic E-state index is 11.2. The molecule has 0 N–H and O–H groups in total. The fourth-order valence-electron chi connectivity index (χ4n) is 1.32. The third-order valence-corrected chi connectivity index (χ3v) is 2.54. The zero-order chi connectivity index (χ0) is 11.3. The van der Waals surface area contributed by atoms with Crippen LogP contribution in [-0.2, 0) is 0 Å². The van der Waals surface area contributed by atoms with E-state index in [9.17, 15) is 4.79 Å². The summed E-state index contributed by atoms with van der Waals surface area (Å²) in [6.07, 6.45) is 5.09. The molecule has 1 aromatic rings. The Kier molecular flexibility index (Phi) is 4.63. The number of Topliss-reactive ketones (excluding diaryl/α,β-unsaturated/α-hetero) is 1. The summed E-state index contributed by atoms with van der Waals surface area (Å²) in [6.45, 7) is 3.64. The van der Waals surface area contributed by atoms with Gasteiger partial charge in [0.05, 0.1) is 0 Å². The first-order valence-corrected chi connectivity index (χ1v) is 5.67. The van der Waals surface area contributed by atoms with Crippen LogP contribution in [0.5, 0.6) is 0 Å². The van der Waals surface area contributed by atoms with E-state index < -0.39 is 0 Å². The molecule has 0 aliphatic heterocycles. The van der Waals surface area contributed by atoms with Crippen LogP contribution in [0.15, 0.2) is 24.3 Å². The molecule has 0 saturated carbocycles. The first-order valence-electron chi connectivity index (χ1n) is 5.04. The lowest BCUT2D eigenvalue weighted by atomic mass is 10.0. The Morgan fingerprint density at radius 3 is 2.80 bits per heavy atom. The van der Waals surface area contributed by atoms with Crippen molar-refractivity contribution in [1.29, 1.82) is 0 Å². The van der Waals surface area contributed by atoms with E-state index in [0.29, 0.717) is 0 Å². The molecule has 1 nitrogen and oxygen atoms in total. The highest BCUT2D eigenvalue weighted by Gasteiger charge is 2.01. The number of aryl methyl sites for hydroxylation is 1. The van der Waals surface area contributed by atoms with Gasteiger partial charge in [-0.05, 0) is 43.2 Å². The molecular weight excluding hydrogens is 204 g/mol. The van der Waals surface area contributed by atoms with Gasteiger partial charge in [0.1, 0.15) is 0 Å². The molecule has 0 amide bonds. The Morgan fingerprint density at radius 1 is 1.47 bits per heavy atom. The molecule has 0 atom stereocenters. The van der Waals surface area contributed by atoms with Crippen molar-refractivity contribution in [2.24, 2.45) is 0 Å². The molecule has 0 unspecified atom stereocenters. The van der Waals surface area contributed by atoms with E-state index in [1.807, 2.05) is 25.1 Å². The van der Waals surface area contributed by atoms with Crippen molar-refractivity contribution in [2.45, 2.75) is 20.3 Å². The maximum Gasteiger partial charge on any atom is 0.159 e. The van der Waals surface area contributed by atoms with Gasteiger partial charge < -0.3 is 0 Å². The lowest BCUT2D eigenvalue weighted by Gasteiger charge is -2.02. The van der Waals surface area contributed by atoms with Crippen LogP contribution in [0, 0.1) is 6.92 Å². The monoisotopic (exact) mass is 220 g/mol. The fraction of sp³-hybridized carbons (Fsp3) is 0.308. The standard InChI is InChI=1S/C13H16OS/c1-10-6-7-13(11(2)14)9-12(10)5-3-4-8-15/h3,5-7,9,15H,4,8H2,1-2H3. The van der Waals surface area contributed by atoms with Gasteiger partial charge in [0, 0.05) is 5.56 Å². The van der Waals surface area contributed by atoms with E-state index in [1.165, 1.54) is 5.56 Å². The van der Waals surface area contributed by atoms with Crippen LogP contribution in [0.3, 0.4) is 0 Å². The molecule has 1 rings (SSSR count). The molecule has 80 valence electrons. The van der Waals surface area contributed by atoms with E-state index in [-0.39, 0.29) is 5.78 Å². The Bertz CT molecular complexity index is 380. The van der Waals surface area contributed by atoms with Crippen LogP contribution < -0.4 is 0 Å². The zero-order valence-electron chi connectivity index (χ0n) is 9.16. The summed E-state index contributed by atoms with van der Waals surface area (Å²) in [5.41, 5.74) is 3.08. The van der Waals surface area contributed by atoms with Gasteiger partial charge in [-0.25, -0.2) is 0 Å². The number of allylic oxidation sites excluding steroid dienone is 1. The van der Waals surface area contributed by atoms with Crippen LogP contribution in [0.25, 0.3) is 6.08 Å². The van der Waals surface area contributed by atoms with E-state index in [4.69, 9.17) is 0 Å². The number of hydrogen-bond donors (Lipinski definition) is 1. The molecular formula is C13H16OS. The molecule has 0 aliphatic carbocycles. The maximum atomic E-state index is 11.2. The number of carbonyl (C=O) groups is 1. The molecule has 1 aromatic carbocycles. The molecule has 0 radical (unpaired) electrons. The highest BCUT2D eigenvalue weighted by molar-refractivity contribution is 7.80. The largest absolute Gasteiger partial charge is 0.295 e. The minimum absolute atomic E-state index is 0.110. The van der Waals surface area contributed by atoms with Crippen LogP contribution in [-0.4, -0.2) is 11.5 Å². The Hall–Kier alpha value is -1.02. The van der Waals surface area contributed by atoms with Gasteiger partial charge in [-0.15, -0.1) is 0 Å². The molecule has 15 heavy (non-hydrogen) atoms. The zero-order valence-corrected chi connectivity index (χ0v) is 10.1. The summed E-state index contributed by atoms with van der Waals surface area (Å²) in [5.74, 6) is 0.959. The van der Waals surface area contributed by atoms with Crippen molar-refractivity contribution in [3.8, 4) is 0 Å². The summed E-state index contributed by atoms with van der Waals surface area (Å²) < 4.78 is 0. The molecule has 0 saturated heterocycles. The molecule has 0 spiro atoms. The molecule has 0 heterocycles. The quantitative estimate of drug-likeness (QED) is 0.607. The van der Waals surface area contributed by atoms with Gasteiger partial charge in [0.25, 0.3) is 0 Å². The highest BCUT2D eigenvalue weighted by atomic mass is 32.1. The third kappa shape index (κ3) is 3.56. The lowest BCUT2D eigenvalue weighted by Crippen LogP contribution is -1.93. The lowest BCUT2D eigenvalue weighted by molar-refractivity contribution is 0.101. The summed E-state index contributed by atoms with van der Waals surface area (Å²) in [7, 11) is 0. The average Bonchev–Trinajstić information content (AvgIpc) is 2.20. The molecule has 0 aromatic heterocycles. The second-order valence-electron chi connectivity index (χ2n) is 3.54. The van der Waals surface area contributed by atoms with Crippen molar-refractivity contribution in [2.75, 3.05) is 5.75 Å². The van der Waals surface area contributed by atoms with Crippen molar-refractivity contribution < 1.29 is 4.79 Å². The average molecular weight is 220 g/mol. The predicted molar refractivity (Wildman–Crippen MR) is 68.7 cm³/mol. The van der Waals surface area contributed by atoms with Gasteiger partial charge >= 0.3 is 0 Å². The fourth-order valence-corrected chi connectivity index (χ4v) is 1.47. The van der Waals surface area contributed by atoms with Crippen molar-refractivity contribution in [3.63, 3.8) is 0 Å². The number of thiol groups is 1. The number of hydrogen-bond acceptors (Lipinski definition) is 2. The molecule has 0 aliphatic rings. The predicted octanol–water partition coefficient (Wildman–Crippen LogP) is 3.53. The Morgan fingerprint density at radius 2 is 2.20 bits per heavy atom. The Labute approximate surface area is 96.6 Å². The van der Waals surface area contributed by atoms with Gasteiger partial charge in [0.15, 0.2) is 5.78 Å². The van der Waals surface area contributed by atoms with Crippen LogP contribution >= 0.6 is 12.6 Å². The summed E-state index contributed by atoms with van der Waals surface area (Å²) >= 11 is 4.14. The third-order valence-electron chi connectivity index (χ3n) is 2.28. The van der Waals surface area contributed by atoms with Gasteiger partial charge in [-0.3, -0.25) is 4.79 Å². The van der Waals surface area contributed by atoms with E-state index in [2.05, 4.69) is 24.8 Å². The SMILES string of the molecule is CC(=O)c1ccc(C)c(C=CCCS)c1. The van der Waals surface area contributed by atoms with Crippen LogP contribution in [0.2, 0.25) is 0 Å².